The monoisotopic (exact) mass is 365 g/mol. The molecule has 1 heterocycles. The first-order valence-corrected chi connectivity index (χ1v) is 9.56. The number of para-hydroxylation sites is 2. The predicted octanol–water partition coefficient (Wildman–Crippen LogP) is 4.72. The fraction of sp³-hybridized carbons (Fsp3) is 0.238. The third-order valence-corrected chi connectivity index (χ3v) is 5.75. The molecule has 5 heteroatoms. The Balaban J connectivity index is 1.54. The molecule has 0 saturated carbocycles. The number of esters is 1. The molecule has 1 aliphatic carbocycles. The molecule has 0 N–H and O–H groups in total. The van der Waals surface area contributed by atoms with Gasteiger partial charge in [0.05, 0.1) is 17.3 Å². The third kappa shape index (κ3) is 3.27. The molecule has 1 atom stereocenters. The lowest BCUT2D eigenvalue weighted by Gasteiger charge is -2.31. The van der Waals surface area contributed by atoms with Crippen molar-refractivity contribution in [3.05, 3.63) is 60.7 Å². The van der Waals surface area contributed by atoms with Crippen molar-refractivity contribution in [1.29, 1.82) is 0 Å². The van der Waals surface area contributed by atoms with Gasteiger partial charge in [0, 0.05) is 9.79 Å². The number of rotatable bonds is 3. The molecule has 132 valence electrons. The van der Waals surface area contributed by atoms with Gasteiger partial charge in [-0.3, -0.25) is 14.5 Å². The topological polar surface area (TPSA) is 46.6 Å². The SMILES string of the molecule is O=C(OCC(=O)N1c2ccccc2Sc2ccccc21)[C@@H]1CC=CCC1. The number of anilines is 2. The van der Waals surface area contributed by atoms with Crippen LogP contribution in [0.1, 0.15) is 19.3 Å². The summed E-state index contributed by atoms with van der Waals surface area (Å²) in [5.41, 5.74) is 1.66. The van der Waals surface area contributed by atoms with Crippen LogP contribution in [0.15, 0.2) is 70.5 Å². The average Bonchev–Trinajstić information content (AvgIpc) is 2.70. The molecular weight excluding hydrogens is 346 g/mol. The van der Waals surface area contributed by atoms with Crippen molar-refractivity contribution in [3.8, 4) is 0 Å². The highest BCUT2D eigenvalue weighted by Gasteiger charge is 2.29. The Kier molecular flexibility index (Phi) is 4.80. The maximum atomic E-state index is 12.9. The molecule has 4 nitrogen and oxygen atoms in total. The Morgan fingerprint density at radius 2 is 1.65 bits per heavy atom. The minimum absolute atomic E-state index is 0.135. The number of carbonyl (C=O) groups excluding carboxylic acids is 2. The van der Waals surface area contributed by atoms with Crippen LogP contribution in [-0.4, -0.2) is 18.5 Å². The summed E-state index contributed by atoms with van der Waals surface area (Å²) in [7, 11) is 0. The van der Waals surface area contributed by atoms with E-state index >= 15 is 0 Å². The summed E-state index contributed by atoms with van der Waals surface area (Å²) in [5.74, 6) is -0.648. The van der Waals surface area contributed by atoms with Gasteiger partial charge in [-0.2, -0.15) is 0 Å². The van der Waals surface area contributed by atoms with E-state index in [1.54, 1.807) is 16.7 Å². The molecule has 1 amide bonds. The van der Waals surface area contributed by atoms with Gasteiger partial charge in [-0.15, -0.1) is 0 Å². The normalized spacial score (nSPS) is 18.0. The molecule has 2 aromatic rings. The van der Waals surface area contributed by atoms with Crippen molar-refractivity contribution in [2.24, 2.45) is 5.92 Å². The number of hydrogen-bond donors (Lipinski definition) is 0. The number of hydrogen-bond acceptors (Lipinski definition) is 4. The molecule has 0 unspecified atom stereocenters. The van der Waals surface area contributed by atoms with Gasteiger partial charge in [-0.1, -0.05) is 48.2 Å². The van der Waals surface area contributed by atoms with E-state index in [1.807, 2.05) is 54.6 Å². The van der Waals surface area contributed by atoms with Crippen molar-refractivity contribution < 1.29 is 14.3 Å². The van der Waals surface area contributed by atoms with Crippen molar-refractivity contribution in [2.45, 2.75) is 29.1 Å². The molecule has 0 saturated heterocycles. The van der Waals surface area contributed by atoms with Crippen LogP contribution in [0.4, 0.5) is 11.4 Å². The summed E-state index contributed by atoms with van der Waals surface area (Å²) < 4.78 is 5.36. The van der Waals surface area contributed by atoms with Crippen LogP contribution in [0.5, 0.6) is 0 Å². The highest BCUT2D eigenvalue weighted by atomic mass is 32.2. The number of nitrogens with zero attached hydrogens (tertiary/aromatic N) is 1. The van der Waals surface area contributed by atoms with E-state index in [-0.39, 0.29) is 24.4 Å². The Bertz CT molecular complexity index is 832. The van der Waals surface area contributed by atoms with E-state index in [0.717, 1.165) is 34.0 Å². The predicted molar refractivity (Wildman–Crippen MR) is 102 cm³/mol. The second-order valence-corrected chi connectivity index (χ2v) is 7.44. The Morgan fingerprint density at radius 3 is 2.27 bits per heavy atom. The molecule has 0 spiro atoms. The molecule has 2 aliphatic rings. The van der Waals surface area contributed by atoms with Crippen molar-refractivity contribution >= 4 is 35.0 Å². The van der Waals surface area contributed by atoms with E-state index in [2.05, 4.69) is 6.08 Å². The van der Waals surface area contributed by atoms with Crippen LogP contribution in [0.25, 0.3) is 0 Å². The van der Waals surface area contributed by atoms with E-state index in [1.165, 1.54) is 0 Å². The van der Waals surface area contributed by atoms with Crippen LogP contribution in [0.2, 0.25) is 0 Å². The number of allylic oxidation sites excluding steroid dienone is 2. The summed E-state index contributed by atoms with van der Waals surface area (Å²) in [5, 5.41) is 0. The molecule has 0 aromatic heterocycles. The largest absolute Gasteiger partial charge is 0.455 e. The lowest BCUT2D eigenvalue weighted by atomic mass is 9.95. The number of ether oxygens (including phenoxy) is 1. The number of fused-ring (bicyclic) bond motifs is 2. The first-order valence-electron chi connectivity index (χ1n) is 8.74. The zero-order chi connectivity index (χ0) is 17.9. The smallest absolute Gasteiger partial charge is 0.309 e. The van der Waals surface area contributed by atoms with Gasteiger partial charge in [0.1, 0.15) is 0 Å². The van der Waals surface area contributed by atoms with E-state index in [4.69, 9.17) is 4.74 Å². The second kappa shape index (κ2) is 7.38. The number of amides is 1. The lowest BCUT2D eigenvalue weighted by Crippen LogP contribution is -2.33. The van der Waals surface area contributed by atoms with Crippen LogP contribution in [0, 0.1) is 5.92 Å². The lowest BCUT2D eigenvalue weighted by molar-refractivity contribution is -0.152. The van der Waals surface area contributed by atoms with Crippen LogP contribution in [-0.2, 0) is 14.3 Å². The summed E-state index contributed by atoms with van der Waals surface area (Å²) in [6.07, 6.45) is 6.45. The minimum Gasteiger partial charge on any atom is -0.455 e. The van der Waals surface area contributed by atoms with E-state index < -0.39 is 0 Å². The van der Waals surface area contributed by atoms with Crippen LogP contribution >= 0.6 is 11.8 Å². The molecule has 0 fully saturated rings. The molecule has 2 aromatic carbocycles. The minimum atomic E-state index is -0.282. The highest BCUT2D eigenvalue weighted by molar-refractivity contribution is 7.99. The summed E-state index contributed by atoms with van der Waals surface area (Å²) in [6.45, 7) is -0.244. The Morgan fingerprint density at radius 1 is 1.00 bits per heavy atom. The van der Waals surface area contributed by atoms with Gasteiger partial charge in [-0.25, -0.2) is 0 Å². The van der Waals surface area contributed by atoms with Crippen molar-refractivity contribution in [1.82, 2.24) is 0 Å². The van der Waals surface area contributed by atoms with Crippen molar-refractivity contribution in [3.63, 3.8) is 0 Å². The van der Waals surface area contributed by atoms with E-state index in [0.29, 0.717) is 6.42 Å². The van der Waals surface area contributed by atoms with Crippen LogP contribution < -0.4 is 4.90 Å². The first-order chi connectivity index (χ1) is 12.7. The highest BCUT2D eigenvalue weighted by Crippen LogP contribution is 2.47. The van der Waals surface area contributed by atoms with E-state index in [9.17, 15) is 9.59 Å². The quantitative estimate of drug-likeness (QED) is 0.583. The second-order valence-electron chi connectivity index (χ2n) is 6.36. The fourth-order valence-corrected chi connectivity index (χ4v) is 4.35. The first kappa shape index (κ1) is 16.9. The fourth-order valence-electron chi connectivity index (χ4n) is 3.30. The zero-order valence-corrected chi connectivity index (χ0v) is 15.1. The zero-order valence-electron chi connectivity index (χ0n) is 14.3. The van der Waals surface area contributed by atoms with Crippen LogP contribution in [0.3, 0.4) is 0 Å². The van der Waals surface area contributed by atoms with Crippen molar-refractivity contribution in [2.75, 3.05) is 11.5 Å². The summed E-state index contributed by atoms with van der Waals surface area (Å²) >= 11 is 1.64. The summed E-state index contributed by atoms with van der Waals surface area (Å²) in [6, 6.07) is 15.6. The van der Waals surface area contributed by atoms with Gasteiger partial charge in [0.25, 0.3) is 5.91 Å². The number of carbonyl (C=O) groups is 2. The third-order valence-electron chi connectivity index (χ3n) is 4.62. The molecule has 0 radical (unpaired) electrons. The Hall–Kier alpha value is -2.53. The molecule has 0 bridgehead atoms. The van der Waals surface area contributed by atoms with Gasteiger partial charge in [0.15, 0.2) is 6.61 Å². The average molecular weight is 365 g/mol. The molecular formula is C21H19NO3S. The van der Waals surface area contributed by atoms with Gasteiger partial charge in [0.2, 0.25) is 0 Å². The maximum Gasteiger partial charge on any atom is 0.309 e. The summed E-state index contributed by atoms with van der Waals surface area (Å²) in [4.78, 5) is 28.9. The molecule has 26 heavy (non-hydrogen) atoms. The maximum absolute atomic E-state index is 12.9. The standard InChI is InChI=1S/C21H19NO3S/c23-20(14-25-21(24)15-8-2-1-3-9-15)22-16-10-4-6-12-18(16)26-19-13-7-5-11-17(19)22/h1-2,4-7,10-13,15H,3,8-9,14H2/t15-/m1/s1. The van der Waals surface area contributed by atoms with Gasteiger partial charge in [-0.05, 0) is 43.5 Å². The number of benzene rings is 2. The molecule has 1 aliphatic heterocycles. The van der Waals surface area contributed by atoms with Gasteiger partial charge < -0.3 is 4.74 Å². The Labute approximate surface area is 156 Å². The molecule has 4 rings (SSSR count). The van der Waals surface area contributed by atoms with Gasteiger partial charge >= 0.3 is 5.97 Å².